The van der Waals surface area contributed by atoms with Gasteiger partial charge in [0.05, 0.1) is 29.8 Å². The molecule has 3 aromatic rings. The molecule has 1 amide bonds. The first-order valence-electron chi connectivity index (χ1n) is 8.54. The van der Waals surface area contributed by atoms with Gasteiger partial charge in [-0.25, -0.2) is 4.98 Å². The molecule has 4 heterocycles. The maximum absolute atomic E-state index is 13.1. The number of nitrogens with zero attached hydrogens (tertiary/aromatic N) is 4. The third-order valence-electron chi connectivity index (χ3n) is 4.61. The average molecular weight is 336 g/mol. The largest absolute Gasteiger partial charge is 0.317 e. The summed E-state index contributed by atoms with van der Waals surface area (Å²) in [7, 11) is 0. The standard InChI is InChI=1S/C18H20N6O/c25-18(8-13-3-6-19-7-4-13)24(15-2-1-5-20-11-15)17-9-14-10-22-23-16(14)12-21-17/h1-2,5,9-13,19H,3-4,6-8H2,(H,22,23). The maximum atomic E-state index is 13.1. The molecule has 1 fully saturated rings. The van der Waals surface area contributed by atoms with Gasteiger partial charge in [-0.05, 0) is 50.0 Å². The normalized spacial score (nSPS) is 15.4. The van der Waals surface area contributed by atoms with Crippen LogP contribution in [0.5, 0.6) is 0 Å². The van der Waals surface area contributed by atoms with Crippen molar-refractivity contribution in [3.8, 4) is 0 Å². The lowest BCUT2D eigenvalue weighted by Gasteiger charge is -2.26. The number of H-pyrrole nitrogens is 1. The number of aromatic amines is 1. The van der Waals surface area contributed by atoms with Gasteiger partial charge < -0.3 is 5.32 Å². The average Bonchev–Trinajstić information content (AvgIpc) is 3.11. The van der Waals surface area contributed by atoms with E-state index in [4.69, 9.17) is 0 Å². The molecule has 1 saturated heterocycles. The summed E-state index contributed by atoms with van der Waals surface area (Å²) in [5.74, 6) is 1.06. The minimum absolute atomic E-state index is 0.0512. The zero-order valence-corrected chi connectivity index (χ0v) is 13.9. The van der Waals surface area contributed by atoms with Gasteiger partial charge in [0.15, 0.2) is 0 Å². The zero-order valence-electron chi connectivity index (χ0n) is 13.9. The van der Waals surface area contributed by atoms with Gasteiger partial charge in [0.1, 0.15) is 5.82 Å². The van der Waals surface area contributed by atoms with Crippen LogP contribution in [0, 0.1) is 5.92 Å². The van der Waals surface area contributed by atoms with Crippen molar-refractivity contribution >= 4 is 28.3 Å². The summed E-state index contributed by atoms with van der Waals surface area (Å²) in [6, 6.07) is 5.59. The molecule has 0 spiro atoms. The molecule has 128 valence electrons. The SMILES string of the molecule is O=C(CC1CCNCC1)N(c1cccnc1)c1cc2cn[nH]c2cn1. The number of hydrogen-bond donors (Lipinski definition) is 2. The Morgan fingerprint density at radius 1 is 1.24 bits per heavy atom. The first kappa shape index (κ1) is 15.7. The van der Waals surface area contributed by atoms with E-state index in [0.29, 0.717) is 18.2 Å². The Morgan fingerprint density at radius 3 is 2.92 bits per heavy atom. The van der Waals surface area contributed by atoms with Crippen molar-refractivity contribution in [2.45, 2.75) is 19.3 Å². The van der Waals surface area contributed by atoms with Crippen molar-refractivity contribution in [1.29, 1.82) is 0 Å². The highest BCUT2D eigenvalue weighted by molar-refractivity contribution is 6.00. The second-order valence-corrected chi connectivity index (χ2v) is 6.34. The fourth-order valence-electron chi connectivity index (χ4n) is 3.27. The summed E-state index contributed by atoms with van der Waals surface area (Å²) in [5, 5.41) is 11.2. The van der Waals surface area contributed by atoms with E-state index in [1.54, 1.807) is 29.7 Å². The Bertz CT molecular complexity index is 856. The van der Waals surface area contributed by atoms with Gasteiger partial charge in [0.2, 0.25) is 5.91 Å². The lowest BCUT2D eigenvalue weighted by atomic mass is 9.94. The summed E-state index contributed by atoms with van der Waals surface area (Å²) in [4.78, 5) is 23.4. The Balaban J connectivity index is 1.67. The third kappa shape index (κ3) is 3.36. The predicted octanol–water partition coefficient (Wildman–Crippen LogP) is 2.41. The van der Waals surface area contributed by atoms with Crippen molar-refractivity contribution in [2.24, 2.45) is 5.92 Å². The van der Waals surface area contributed by atoms with E-state index in [1.807, 2.05) is 18.2 Å². The van der Waals surface area contributed by atoms with Crippen LogP contribution in [0.4, 0.5) is 11.5 Å². The van der Waals surface area contributed by atoms with E-state index in [1.165, 1.54) is 0 Å². The molecular weight excluding hydrogens is 316 g/mol. The van der Waals surface area contributed by atoms with Gasteiger partial charge >= 0.3 is 0 Å². The molecule has 0 unspecified atom stereocenters. The number of carbonyl (C=O) groups excluding carboxylic acids is 1. The first-order chi connectivity index (χ1) is 12.3. The van der Waals surface area contributed by atoms with Gasteiger partial charge in [-0.2, -0.15) is 5.10 Å². The van der Waals surface area contributed by atoms with Crippen LogP contribution in [-0.2, 0) is 4.79 Å². The number of nitrogens with one attached hydrogen (secondary N) is 2. The van der Waals surface area contributed by atoms with Crippen LogP contribution in [0.3, 0.4) is 0 Å². The molecule has 7 heteroatoms. The Kier molecular flexibility index (Phi) is 4.39. The number of carbonyl (C=O) groups is 1. The number of piperidine rings is 1. The number of anilines is 2. The monoisotopic (exact) mass is 336 g/mol. The quantitative estimate of drug-likeness (QED) is 0.764. The second kappa shape index (κ2) is 6.98. The van der Waals surface area contributed by atoms with Gasteiger partial charge in [0.25, 0.3) is 0 Å². The van der Waals surface area contributed by atoms with E-state index in [0.717, 1.165) is 42.5 Å². The van der Waals surface area contributed by atoms with E-state index in [-0.39, 0.29) is 5.91 Å². The molecule has 0 aromatic carbocycles. The molecule has 0 aliphatic carbocycles. The molecule has 0 radical (unpaired) electrons. The highest BCUT2D eigenvalue weighted by atomic mass is 16.2. The summed E-state index contributed by atoms with van der Waals surface area (Å²) in [6.07, 6.45) is 9.41. The van der Waals surface area contributed by atoms with E-state index >= 15 is 0 Å². The lowest BCUT2D eigenvalue weighted by molar-refractivity contribution is -0.119. The zero-order chi connectivity index (χ0) is 17.1. The van der Waals surface area contributed by atoms with Gasteiger partial charge in [-0.1, -0.05) is 0 Å². The highest BCUT2D eigenvalue weighted by Gasteiger charge is 2.24. The predicted molar refractivity (Wildman–Crippen MR) is 95.5 cm³/mol. The lowest BCUT2D eigenvalue weighted by Crippen LogP contribution is -2.33. The molecule has 2 N–H and O–H groups in total. The van der Waals surface area contributed by atoms with Crippen molar-refractivity contribution in [3.05, 3.63) is 43.0 Å². The van der Waals surface area contributed by atoms with Gasteiger partial charge in [-0.15, -0.1) is 0 Å². The molecule has 1 aliphatic rings. The number of hydrogen-bond acceptors (Lipinski definition) is 5. The molecular formula is C18H20N6O. The number of aromatic nitrogens is 4. The first-order valence-corrected chi connectivity index (χ1v) is 8.54. The minimum atomic E-state index is 0.0512. The Morgan fingerprint density at radius 2 is 2.12 bits per heavy atom. The van der Waals surface area contributed by atoms with Crippen LogP contribution in [0.2, 0.25) is 0 Å². The molecule has 7 nitrogen and oxygen atoms in total. The molecule has 25 heavy (non-hydrogen) atoms. The molecule has 1 aliphatic heterocycles. The summed E-state index contributed by atoms with van der Waals surface area (Å²) in [5.41, 5.74) is 1.58. The van der Waals surface area contributed by atoms with Gasteiger partial charge in [0, 0.05) is 18.0 Å². The smallest absolute Gasteiger partial charge is 0.233 e. The van der Waals surface area contributed by atoms with Crippen LogP contribution in [0.15, 0.2) is 43.0 Å². The van der Waals surface area contributed by atoms with Crippen LogP contribution < -0.4 is 10.2 Å². The van der Waals surface area contributed by atoms with E-state index in [2.05, 4.69) is 25.5 Å². The minimum Gasteiger partial charge on any atom is -0.317 e. The number of pyridine rings is 2. The van der Waals surface area contributed by atoms with Crippen LogP contribution >= 0.6 is 0 Å². The molecule has 0 bridgehead atoms. The Labute approximate surface area is 145 Å². The Hall–Kier alpha value is -2.80. The van der Waals surface area contributed by atoms with Crippen LogP contribution in [0.1, 0.15) is 19.3 Å². The third-order valence-corrected chi connectivity index (χ3v) is 4.61. The molecule has 4 rings (SSSR count). The van der Waals surface area contributed by atoms with Crippen LogP contribution in [0.25, 0.3) is 10.9 Å². The fraction of sp³-hybridized carbons (Fsp3) is 0.333. The van der Waals surface area contributed by atoms with Crippen molar-refractivity contribution in [3.63, 3.8) is 0 Å². The molecule has 0 atom stereocenters. The second-order valence-electron chi connectivity index (χ2n) is 6.34. The van der Waals surface area contributed by atoms with E-state index in [9.17, 15) is 4.79 Å². The van der Waals surface area contributed by atoms with Crippen molar-refractivity contribution in [1.82, 2.24) is 25.5 Å². The summed E-state index contributed by atoms with van der Waals surface area (Å²) >= 11 is 0. The number of rotatable bonds is 4. The van der Waals surface area contributed by atoms with Crippen molar-refractivity contribution in [2.75, 3.05) is 18.0 Å². The number of amides is 1. The fourth-order valence-corrected chi connectivity index (χ4v) is 3.27. The summed E-state index contributed by atoms with van der Waals surface area (Å²) < 4.78 is 0. The van der Waals surface area contributed by atoms with E-state index < -0.39 is 0 Å². The summed E-state index contributed by atoms with van der Waals surface area (Å²) in [6.45, 7) is 1.95. The van der Waals surface area contributed by atoms with Crippen molar-refractivity contribution < 1.29 is 4.79 Å². The topological polar surface area (TPSA) is 86.8 Å². The van der Waals surface area contributed by atoms with Crippen LogP contribution in [-0.4, -0.2) is 39.2 Å². The maximum Gasteiger partial charge on any atom is 0.233 e. The van der Waals surface area contributed by atoms with Gasteiger partial charge in [-0.3, -0.25) is 19.8 Å². The number of fused-ring (bicyclic) bond motifs is 1. The highest BCUT2D eigenvalue weighted by Crippen LogP contribution is 2.28. The molecule has 3 aromatic heterocycles. The molecule has 0 saturated carbocycles.